The minimum absolute atomic E-state index is 0.0788. The molecule has 1 atom stereocenters. The maximum atomic E-state index is 13.5. The number of carbonyl (C=O) groups is 3. The fourth-order valence-corrected chi connectivity index (χ4v) is 4.57. The van der Waals surface area contributed by atoms with Gasteiger partial charge in [0.15, 0.2) is 0 Å². The number of ether oxygens (including phenoxy) is 3. The highest BCUT2D eigenvalue weighted by Crippen LogP contribution is 2.44. The maximum Gasteiger partial charge on any atom is 0.308 e. The van der Waals surface area contributed by atoms with Crippen LogP contribution >= 0.6 is 0 Å². The summed E-state index contributed by atoms with van der Waals surface area (Å²) >= 11 is 0. The fourth-order valence-electron chi connectivity index (χ4n) is 4.57. The average molecular weight is 530 g/mol. The van der Waals surface area contributed by atoms with E-state index in [1.54, 1.807) is 61.5 Å². The van der Waals surface area contributed by atoms with Gasteiger partial charge in [-0.1, -0.05) is 31.2 Å². The van der Waals surface area contributed by atoms with Crippen molar-refractivity contribution in [3.63, 3.8) is 0 Å². The van der Waals surface area contributed by atoms with Crippen molar-refractivity contribution < 1.29 is 33.7 Å². The summed E-state index contributed by atoms with van der Waals surface area (Å²) in [6.07, 6.45) is 0.818. The van der Waals surface area contributed by atoms with Crippen LogP contribution in [-0.2, 0) is 20.8 Å². The summed E-state index contributed by atoms with van der Waals surface area (Å²) in [6.45, 7) is 7.75. The van der Waals surface area contributed by atoms with E-state index in [2.05, 4.69) is 0 Å². The minimum atomic E-state index is -0.940. The summed E-state index contributed by atoms with van der Waals surface area (Å²) in [5.74, 6) is -1.22. The molecule has 4 rings (SSSR count). The van der Waals surface area contributed by atoms with E-state index in [-0.39, 0.29) is 16.9 Å². The predicted octanol–water partition coefficient (Wildman–Crippen LogP) is 5.60. The van der Waals surface area contributed by atoms with E-state index < -0.39 is 23.7 Å². The number of amides is 1. The molecule has 1 saturated heterocycles. The molecule has 0 aromatic heterocycles. The zero-order valence-electron chi connectivity index (χ0n) is 22.4. The number of aliphatic hydroxyl groups excluding tert-OH is 1. The van der Waals surface area contributed by atoms with Crippen molar-refractivity contribution in [1.29, 1.82) is 0 Å². The van der Waals surface area contributed by atoms with E-state index in [4.69, 9.17) is 14.2 Å². The van der Waals surface area contributed by atoms with Crippen LogP contribution in [0.2, 0.25) is 0 Å². The number of esters is 1. The van der Waals surface area contributed by atoms with Crippen molar-refractivity contribution in [2.45, 2.75) is 40.2 Å². The van der Waals surface area contributed by atoms with Gasteiger partial charge in [-0.3, -0.25) is 19.3 Å². The molecule has 1 aliphatic rings. The number of Topliss-reactive ketones (excluding diaryl/α,β-unsaturated/α-hetero) is 1. The van der Waals surface area contributed by atoms with Crippen LogP contribution in [0.15, 0.2) is 72.3 Å². The van der Waals surface area contributed by atoms with E-state index in [0.717, 1.165) is 12.0 Å². The second-order valence-electron chi connectivity index (χ2n) is 8.88. The normalized spacial score (nSPS) is 16.3. The lowest BCUT2D eigenvalue weighted by molar-refractivity contribution is -0.132. The second-order valence-corrected chi connectivity index (χ2v) is 8.88. The third-order valence-corrected chi connectivity index (χ3v) is 6.34. The summed E-state index contributed by atoms with van der Waals surface area (Å²) in [5, 5.41) is 11.6. The van der Waals surface area contributed by atoms with Crippen molar-refractivity contribution in [1.82, 2.24) is 0 Å². The Morgan fingerprint density at radius 1 is 0.872 bits per heavy atom. The molecular formula is C31H31NO7. The molecule has 1 amide bonds. The third-order valence-electron chi connectivity index (χ3n) is 6.34. The van der Waals surface area contributed by atoms with Gasteiger partial charge in [0.25, 0.3) is 11.7 Å². The molecule has 0 saturated carbocycles. The van der Waals surface area contributed by atoms with Gasteiger partial charge in [0.05, 0.1) is 30.4 Å². The summed E-state index contributed by atoms with van der Waals surface area (Å²) in [5.41, 5.74) is 2.33. The van der Waals surface area contributed by atoms with Gasteiger partial charge in [-0.25, -0.2) is 0 Å². The molecule has 8 nitrogen and oxygen atoms in total. The topological polar surface area (TPSA) is 102 Å². The molecule has 3 aromatic carbocycles. The number of hydrogen-bond acceptors (Lipinski definition) is 7. The van der Waals surface area contributed by atoms with Crippen LogP contribution in [0.4, 0.5) is 5.69 Å². The van der Waals surface area contributed by atoms with Gasteiger partial charge in [0.2, 0.25) is 0 Å². The molecule has 8 heteroatoms. The summed E-state index contributed by atoms with van der Waals surface area (Å²) in [4.78, 5) is 39.8. The van der Waals surface area contributed by atoms with Crippen LogP contribution in [0.25, 0.3) is 5.76 Å². The fraction of sp³-hybridized carbons (Fsp3) is 0.258. The molecule has 1 N–H and O–H groups in total. The molecule has 202 valence electrons. The first-order chi connectivity index (χ1) is 18.8. The van der Waals surface area contributed by atoms with Crippen LogP contribution < -0.4 is 19.1 Å². The van der Waals surface area contributed by atoms with Crippen molar-refractivity contribution in [2.75, 3.05) is 18.1 Å². The first kappa shape index (κ1) is 27.4. The van der Waals surface area contributed by atoms with Crippen molar-refractivity contribution in [2.24, 2.45) is 0 Å². The minimum Gasteiger partial charge on any atom is -0.507 e. The standard InChI is InChI=1S/C31H31NO7/c1-5-20-8-12-22(13-9-20)32-28(21-10-14-23(15-11-21)39-19(4)33)27(30(35)31(32)36)29(34)25-17-16-24(37-6-2)18-26(25)38-7-3/h8-18,28,34H,5-7H2,1-4H3/b29-27-. The number of aryl methyl sites for hydroxylation is 1. The zero-order chi connectivity index (χ0) is 28.1. The molecule has 1 aliphatic heterocycles. The molecule has 3 aromatic rings. The molecule has 0 spiro atoms. The first-order valence-corrected chi connectivity index (χ1v) is 12.9. The Bertz CT molecular complexity index is 1410. The van der Waals surface area contributed by atoms with E-state index in [1.165, 1.54) is 11.8 Å². The number of carbonyl (C=O) groups excluding carboxylic acids is 3. The van der Waals surface area contributed by atoms with Gasteiger partial charge in [-0.15, -0.1) is 0 Å². The van der Waals surface area contributed by atoms with E-state index >= 15 is 0 Å². The van der Waals surface area contributed by atoms with Gasteiger partial charge in [0, 0.05) is 18.7 Å². The van der Waals surface area contributed by atoms with Gasteiger partial charge in [-0.05, 0) is 67.8 Å². The Morgan fingerprint density at radius 3 is 2.10 bits per heavy atom. The van der Waals surface area contributed by atoms with Crippen LogP contribution in [0.5, 0.6) is 17.2 Å². The molecule has 39 heavy (non-hydrogen) atoms. The number of ketones is 1. The first-order valence-electron chi connectivity index (χ1n) is 12.9. The Kier molecular flexibility index (Phi) is 8.34. The largest absolute Gasteiger partial charge is 0.507 e. The smallest absolute Gasteiger partial charge is 0.308 e. The number of benzene rings is 3. The highest BCUT2D eigenvalue weighted by atomic mass is 16.5. The second kappa shape index (κ2) is 11.9. The average Bonchev–Trinajstić information content (AvgIpc) is 3.19. The molecule has 1 heterocycles. The molecule has 1 fully saturated rings. The van der Waals surface area contributed by atoms with Crippen LogP contribution in [0, 0.1) is 0 Å². The number of anilines is 1. The van der Waals surface area contributed by atoms with E-state index in [0.29, 0.717) is 41.7 Å². The SMILES string of the molecule is CCOc1ccc(/C(O)=C2/C(=O)C(=O)N(c3ccc(CC)cc3)C2c2ccc(OC(C)=O)cc2)c(OCC)c1. The van der Waals surface area contributed by atoms with Crippen molar-refractivity contribution in [3.8, 4) is 17.2 Å². The molecule has 1 unspecified atom stereocenters. The number of hydrogen-bond donors (Lipinski definition) is 1. The lowest BCUT2D eigenvalue weighted by atomic mass is 9.94. The zero-order valence-corrected chi connectivity index (χ0v) is 22.4. The van der Waals surface area contributed by atoms with Gasteiger partial charge < -0.3 is 19.3 Å². The molecule has 0 bridgehead atoms. The van der Waals surface area contributed by atoms with Gasteiger partial charge in [0.1, 0.15) is 23.0 Å². The quantitative estimate of drug-likeness (QED) is 0.127. The number of aliphatic hydroxyl groups is 1. The van der Waals surface area contributed by atoms with E-state index in [1.807, 2.05) is 26.0 Å². The highest BCUT2D eigenvalue weighted by molar-refractivity contribution is 6.51. The van der Waals surface area contributed by atoms with Crippen molar-refractivity contribution >= 4 is 29.1 Å². The summed E-state index contributed by atoms with van der Waals surface area (Å²) in [6, 6.07) is 17.8. The number of nitrogens with zero attached hydrogens (tertiary/aromatic N) is 1. The van der Waals surface area contributed by atoms with Gasteiger partial charge in [-0.2, -0.15) is 0 Å². The monoisotopic (exact) mass is 529 g/mol. The summed E-state index contributed by atoms with van der Waals surface area (Å²) in [7, 11) is 0. The number of rotatable bonds is 9. The Balaban J connectivity index is 1.90. The van der Waals surface area contributed by atoms with E-state index in [9.17, 15) is 19.5 Å². The highest BCUT2D eigenvalue weighted by Gasteiger charge is 2.47. The lowest BCUT2D eigenvalue weighted by Gasteiger charge is -2.26. The third kappa shape index (κ3) is 5.65. The molecule has 0 radical (unpaired) electrons. The summed E-state index contributed by atoms with van der Waals surface area (Å²) < 4.78 is 16.5. The van der Waals surface area contributed by atoms with Crippen LogP contribution in [0.1, 0.15) is 50.4 Å². The lowest BCUT2D eigenvalue weighted by Crippen LogP contribution is -2.29. The Morgan fingerprint density at radius 2 is 1.51 bits per heavy atom. The molecule has 0 aliphatic carbocycles. The predicted molar refractivity (Wildman–Crippen MR) is 147 cm³/mol. The van der Waals surface area contributed by atoms with Gasteiger partial charge >= 0.3 is 5.97 Å². The maximum absolute atomic E-state index is 13.5. The van der Waals surface area contributed by atoms with Crippen molar-refractivity contribution in [3.05, 3.63) is 89.0 Å². The van der Waals surface area contributed by atoms with Crippen LogP contribution in [0.3, 0.4) is 0 Å². The Hall–Kier alpha value is -4.59. The van der Waals surface area contributed by atoms with Crippen LogP contribution in [-0.4, -0.2) is 36.0 Å². The Labute approximate surface area is 227 Å². The molecular weight excluding hydrogens is 498 g/mol.